The molecule has 2 nitrogen and oxygen atoms in total. The molecule has 3 unspecified atom stereocenters. The van der Waals surface area contributed by atoms with Gasteiger partial charge in [-0.3, -0.25) is 4.98 Å². The van der Waals surface area contributed by atoms with Crippen molar-refractivity contribution in [2.75, 3.05) is 0 Å². The number of aryl methyl sites for hydroxylation is 1. The van der Waals surface area contributed by atoms with E-state index in [2.05, 4.69) is 17.1 Å². The number of hydrogen-bond donors (Lipinski definition) is 1. The third-order valence-electron chi connectivity index (χ3n) is 4.49. The molecule has 2 aliphatic rings. The lowest BCUT2D eigenvalue weighted by Gasteiger charge is -2.35. The third-order valence-corrected chi connectivity index (χ3v) is 4.49. The standard InChI is InChI=1S/C15H21NO/c17-13-7-1-5-12(10-13)14-8-2-4-11-6-3-9-16-15(11)14/h3,6,9,12-14,17H,1-2,4-5,7-8,10H2. The molecule has 2 heteroatoms. The molecule has 92 valence electrons. The summed E-state index contributed by atoms with van der Waals surface area (Å²) in [4.78, 5) is 4.62. The molecule has 0 aromatic carbocycles. The lowest BCUT2D eigenvalue weighted by molar-refractivity contribution is 0.0887. The number of aliphatic hydroxyl groups is 1. The number of nitrogens with zero attached hydrogens (tertiary/aromatic N) is 1. The average Bonchev–Trinajstić information content (AvgIpc) is 2.38. The summed E-state index contributed by atoms with van der Waals surface area (Å²) in [5.41, 5.74) is 2.78. The second-order valence-corrected chi connectivity index (χ2v) is 5.63. The maximum absolute atomic E-state index is 9.84. The summed E-state index contributed by atoms with van der Waals surface area (Å²) in [7, 11) is 0. The van der Waals surface area contributed by atoms with Crippen molar-refractivity contribution in [2.45, 2.75) is 57.0 Å². The Labute approximate surface area is 103 Å². The summed E-state index contributed by atoms with van der Waals surface area (Å²) in [5.74, 6) is 1.27. The number of pyridine rings is 1. The lowest BCUT2D eigenvalue weighted by Crippen LogP contribution is -2.27. The van der Waals surface area contributed by atoms with Gasteiger partial charge in [0.05, 0.1) is 6.10 Å². The van der Waals surface area contributed by atoms with Crippen LogP contribution in [0.3, 0.4) is 0 Å². The van der Waals surface area contributed by atoms with Gasteiger partial charge in [0.1, 0.15) is 0 Å². The first-order valence-electron chi connectivity index (χ1n) is 6.96. The number of rotatable bonds is 1. The highest BCUT2D eigenvalue weighted by molar-refractivity contribution is 5.26. The van der Waals surface area contributed by atoms with Gasteiger partial charge < -0.3 is 5.11 Å². The predicted molar refractivity (Wildman–Crippen MR) is 67.9 cm³/mol. The Morgan fingerprint density at radius 3 is 3.00 bits per heavy atom. The van der Waals surface area contributed by atoms with Crippen molar-refractivity contribution in [1.29, 1.82) is 0 Å². The maximum Gasteiger partial charge on any atom is 0.0543 e. The van der Waals surface area contributed by atoms with E-state index < -0.39 is 0 Å². The van der Waals surface area contributed by atoms with Crippen molar-refractivity contribution in [3.8, 4) is 0 Å². The summed E-state index contributed by atoms with van der Waals surface area (Å²) in [6, 6.07) is 4.28. The molecular weight excluding hydrogens is 210 g/mol. The summed E-state index contributed by atoms with van der Waals surface area (Å²) >= 11 is 0. The number of fused-ring (bicyclic) bond motifs is 1. The number of hydrogen-bond acceptors (Lipinski definition) is 2. The number of aliphatic hydroxyl groups excluding tert-OH is 1. The van der Waals surface area contributed by atoms with Crippen molar-refractivity contribution in [2.24, 2.45) is 5.92 Å². The molecule has 0 spiro atoms. The van der Waals surface area contributed by atoms with E-state index in [9.17, 15) is 5.11 Å². The minimum atomic E-state index is -0.0668. The Morgan fingerprint density at radius 1 is 1.18 bits per heavy atom. The van der Waals surface area contributed by atoms with Crippen LogP contribution in [-0.4, -0.2) is 16.2 Å². The van der Waals surface area contributed by atoms with Crippen molar-refractivity contribution in [3.63, 3.8) is 0 Å². The molecule has 2 aliphatic carbocycles. The molecule has 1 aromatic rings. The van der Waals surface area contributed by atoms with Crippen LogP contribution in [0.1, 0.15) is 55.7 Å². The van der Waals surface area contributed by atoms with E-state index in [1.54, 1.807) is 0 Å². The molecule has 0 aliphatic heterocycles. The molecule has 0 radical (unpaired) electrons. The van der Waals surface area contributed by atoms with E-state index in [-0.39, 0.29) is 6.10 Å². The van der Waals surface area contributed by atoms with Crippen molar-refractivity contribution in [3.05, 3.63) is 29.6 Å². The predicted octanol–water partition coefficient (Wildman–Crippen LogP) is 3.05. The van der Waals surface area contributed by atoms with Crippen LogP contribution in [0.25, 0.3) is 0 Å². The van der Waals surface area contributed by atoms with Crippen molar-refractivity contribution >= 4 is 0 Å². The zero-order chi connectivity index (χ0) is 11.7. The molecule has 3 rings (SSSR count). The number of aromatic nitrogens is 1. The Balaban J connectivity index is 1.84. The second-order valence-electron chi connectivity index (χ2n) is 5.63. The van der Waals surface area contributed by atoms with Gasteiger partial charge in [0.2, 0.25) is 0 Å². The molecule has 1 aromatic heterocycles. The van der Waals surface area contributed by atoms with Gasteiger partial charge in [0, 0.05) is 17.8 Å². The van der Waals surface area contributed by atoms with Crippen molar-refractivity contribution < 1.29 is 5.11 Å². The van der Waals surface area contributed by atoms with E-state index in [0.29, 0.717) is 11.8 Å². The fourth-order valence-corrected chi connectivity index (χ4v) is 3.67. The van der Waals surface area contributed by atoms with Crippen LogP contribution in [0.4, 0.5) is 0 Å². The summed E-state index contributed by atoms with van der Waals surface area (Å²) in [6.45, 7) is 0. The minimum Gasteiger partial charge on any atom is -0.393 e. The van der Waals surface area contributed by atoms with Gasteiger partial charge in [-0.2, -0.15) is 0 Å². The quantitative estimate of drug-likeness (QED) is 0.806. The van der Waals surface area contributed by atoms with Crippen LogP contribution in [0, 0.1) is 5.92 Å². The van der Waals surface area contributed by atoms with Crippen LogP contribution in [0.15, 0.2) is 18.3 Å². The Kier molecular flexibility index (Phi) is 3.15. The summed E-state index contributed by atoms with van der Waals surface area (Å²) < 4.78 is 0. The van der Waals surface area contributed by atoms with Crippen molar-refractivity contribution in [1.82, 2.24) is 4.98 Å². The van der Waals surface area contributed by atoms with Gasteiger partial charge in [-0.05, 0) is 56.1 Å². The van der Waals surface area contributed by atoms with Crippen LogP contribution in [0.5, 0.6) is 0 Å². The van der Waals surface area contributed by atoms with Crippen LogP contribution >= 0.6 is 0 Å². The topological polar surface area (TPSA) is 33.1 Å². The van der Waals surface area contributed by atoms with Crippen LogP contribution in [-0.2, 0) is 6.42 Å². The first-order chi connectivity index (χ1) is 8.34. The SMILES string of the molecule is OC1CCCC(C2CCCc3cccnc32)C1. The monoisotopic (exact) mass is 231 g/mol. The zero-order valence-corrected chi connectivity index (χ0v) is 10.3. The minimum absolute atomic E-state index is 0.0668. The molecule has 0 amide bonds. The van der Waals surface area contributed by atoms with Gasteiger partial charge in [-0.25, -0.2) is 0 Å². The zero-order valence-electron chi connectivity index (χ0n) is 10.3. The summed E-state index contributed by atoms with van der Waals surface area (Å²) in [6.07, 6.45) is 10.0. The fourth-order valence-electron chi connectivity index (χ4n) is 3.67. The molecule has 17 heavy (non-hydrogen) atoms. The van der Waals surface area contributed by atoms with E-state index in [1.807, 2.05) is 6.20 Å². The van der Waals surface area contributed by atoms with E-state index in [0.717, 1.165) is 12.8 Å². The highest BCUT2D eigenvalue weighted by atomic mass is 16.3. The van der Waals surface area contributed by atoms with Gasteiger partial charge in [-0.15, -0.1) is 0 Å². The van der Waals surface area contributed by atoms with Gasteiger partial charge >= 0.3 is 0 Å². The fraction of sp³-hybridized carbons (Fsp3) is 0.667. The Morgan fingerprint density at radius 2 is 2.12 bits per heavy atom. The molecule has 1 heterocycles. The molecule has 3 atom stereocenters. The van der Waals surface area contributed by atoms with Gasteiger partial charge in [-0.1, -0.05) is 12.5 Å². The molecule has 1 N–H and O–H groups in total. The molecule has 0 saturated heterocycles. The van der Waals surface area contributed by atoms with Crippen LogP contribution < -0.4 is 0 Å². The van der Waals surface area contributed by atoms with Gasteiger partial charge in [0.15, 0.2) is 0 Å². The molecule has 0 bridgehead atoms. The Bertz CT molecular complexity index is 390. The molecule has 1 saturated carbocycles. The highest BCUT2D eigenvalue weighted by Gasteiger charge is 2.32. The normalized spacial score (nSPS) is 33.1. The van der Waals surface area contributed by atoms with Crippen LogP contribution in [0.2, 0.25) is 0 Å². The average molecular weight is 231 g/mol. The van der Waals surface area contributed by atoms with Gasteiger partial charge in [0.25, 0.3) is 0 Å². The first kappa shape index (κ1) is 11.2. The second kappa shape index (κ2) is 4.77. The Hall–Kier alpha value is -0.890. The third kappa shape index (κ3) is 2.23. The van der Waals surface area contributed by atoms with E-state index in [1.165, 1.54) is 43.4 Å². The molecular formula is C15H21NO. The smallest absolute Gasteiger partial charge is 0.0543 e. The molecule has 1 fully saturated rings. The van der Waals surface area contributed by atoms with E-state index >= 15 is 0 Å². The van der Waals surface area contributed by atoms with E-state index in [4.69, 9.17) is 0 Å². The summed E-state index contributed by atoms with van der Waals surface area (Å²) in [5, 5.41) is 9.84. The highest BCUT2D eigenvalue weighted by Crippen LogP contribution is 2.41. The first-order valence-corrected chi connectivity index (χ1v) is 6.96. The maximum atomic E-state index is 9.84. The lowest BCUT2D eigenvalue weighted by atomic mass is 9.72. The largest absolute Gasteiger partial charge is 0.393 e.